The van der Waals surface area contributed by atoms with Crippen molar-refractivity contribution in [1.82, 2.24) is 0 Å². The lowest BCUT2D eigenvalue weighted by molar-refractivity contribution is -0.131. The van der Waals surface area contributed by atoms with Crippen LogP contribution in [0.5, 0.6) is 5.75 Å². The largest absolute Gasteiger partial charge is 0.426 e. The smallest absolute Gasteiger partial charge is 0.308 e. The Balaban J connectivity index is 2.34. The zero-order valence-corrected chi connectivity index (χ0v) is 13.2. The molecule has 0 atom stereocenters. The second-order valence-electron chi connectivity index (χ2n) is 4.46. The van der Waals surface area contributed by atoms with Crippen LogP contribution in [0.15, 0.2) is 48.5 Å². The maximum absolute atomic E-state index is 12.3. The third-order valence-electron chi connectivity index (χ3n) is 2.77. The molecule has 0 bridgehead atoms. The predicted octanol–water partition coefficient (Wildman–Crippen LogP) is 4.81. The Morgan fingerprint density at radius 3 is 2.32 bits per heavy atom. The molecule has 0 aliphatic rings. The first-order valence-electron chi connectivity index (χ1n) is 6.42. The van der Waals surface area contributed by atoms with Gasteiger partial charge in [-0.3, -0.25) is 9.59 Å². The standard InChI is InChI=1S/C17H12Cl2O3/c1-11(20)22-17-10-15(19)14(18)9-13(17)16(21)8-7-12-5-3-2-4-6-12/h2-10H,1H3/b8-7+. The normalized spacial score (nSPS) is 10.7. The van der Waals surface area contributed by atoms with E-state index in [-0.39, 0.29) is 27.1 Å². The third kappa shape index (κ3) is 4.20. The van der Waals surface area contributed by atoms with Crippen LogP contribution >= 0.6 is 23.2 Å². The summed E-state index contributed by atoms with van der Waals surface area (Å²) in [7, 11) is 0. The molecule has 3 nitrogen and oxygen atoms in total. The molecule has 0 heterocycles. The first kappa shape index (κ1) is 16.3. The molecular formula is C17H12Cl2O3. The van der Waals surface area contributed by atoms with E-state index in [1.807, 2.05) is 30.3 Å². The summed E-state index contributed by atoms with van der Waals surface area (Å²) in [6.45, 7) is 1.25. The Morgan fingerprint density at radius 1 is 1.05 bits per heavy atom. The van der Waals surface area contributed by atoms with Crippen molar-refractivity contribution >= 4 is 41.0 Å². The lowest BCUT2D eigenvalue weighted by Gasteiger charge is -2.08. The Labute approximate surface area is 138 Å². The fourth-order valence-corrected chi connectivity index (χ4v) is 2.10. The topological polar surface area (TPSA) is 43.4 Å². The molecule has 0 amide bonds. The zero-order valence-electron chi connectivity index (χ0n) is 11.7. The van der Waals surface area contributed by atoms with E-state index in [1.54, 1.807) is 6.08 Å². The highest BCUT2D eigenvalue weighted by Gasteiger charge is 2.15. The van der Waals surface area contributed by atoms with Crippen molar-refractivity contribution in [2.45, 2.75) is 6.92 Å². The minimum absolute atomic E-state index is 0.0876. The van der Waals surface area contributed by atoms with Gasteiger partial charge in [-0.2, -0.15) is 0 Å². The van der Waals surface area contributed by atoms with E-state index in [2.05, 4.69) is 0 Å². The van der Waals surface area contributed by atoms with Gasteiger partial charge in [0.25, 0.3) is 0 Å². The molecule has 0 saturated carbocycles. The molecule has 112 valence electrons. The molecule has 2 aromatic carbocycles. The van der Waals surface area contributed by atoms with E-state index in [9.17, 15) is 9.59 Å². The van der Waals surface area contributed by atoms with Gasteiger partial charge in [0, 0.05) is 13.0 Å². The molecular weight excluding hydrogens is 323 g/mol. The van der Waals surface area contributed by atoms with Gasteiger partial charge in [0.2, 0.25) is 0 Å². The van der Waals surface area contributed by atoms with Crippen LogP contribution < -0.4 is 4.74 Å². The minimum atomic E-state index is -0.542. The molecule has 2 rings (SSSR count). The summed E-state index contributed by atoms with van der Waals surface area (Å²) < 4.78 is 5.02. The highest BCUT2D eigenvalue weighted by atomic mass is 35.5. The average molecular weight is 335 g/mol. The fraction of sp³-hybridized carbons (Fsp3) is 0.0588. The van der Waals surface area contributed by atoms with E-state index >= 15 is 0 Å². The summed E-state index contributed by atoms with van der Waals surface area (Å²) in [6.07, 6.45) is 3.06. The summed E-state index contributed by atoms with van der Waals surface area (Å²) in [4.78, 5) is 23.4. The Hall–Kier alpha value is -2.10. The molecule has 0 radical (unpaired) electrons. The lowest BCUT2D eigenvalue weighted by Crippen LogP contribution is -2.06. The van der Waals surface area contributed by atoms with E-state index < -0.39 is 5.97 Å². The number of hydrogen-bond acceptors (Lipinski definition) is 3. The number of carbonyl (C=O) groups is 2. The summed E-state index contributed by atoms with van der Waals surface area (Å²) in [5, 5.41) is 0.426. The van der Waals surface area contributed by atoms with Gasteiger partial charge in [-0.15, -0.1) is 0 Å². The Kier molecular flexibility index (Phi) is 5.36. The van der Waals surface area contributed by atoms with Gasteiger partial charge in [0.05, 0.1) is 15.6 Å². The predicted molar refractivity (Wildman–Crippen MR) is 87.6 cm³/mol. The first-order chi connectivity index (χ1) is 10.5. The zero-order chi connectivity index (χ0) is 16.1. The number of rotatable bonds is 4. The van der Waals surface area contributed by atoms with Crippen LogP contribution in [-0.2, 0) is 4.79 Å². The molecule has 22 heavy (non-hydrogen) atoms. The highest BCUT2D eigenvalue weighted by Crippen LogP contribution is 2.31. The second kappa shape index (κ2) is 7.25. The molecule has 0 spiro atoms. The van der Waals surface area contributed by atoms with Crippen LogP contribution in [0.1, 0.15) is 22.8 Å². The molecule has 2 aromatic rings. The van der Waals surface area contributed by atoms with Crippen LogP contribution in [0.4, 0.5) is 0 Å². The first-order valence-corrected chi connectivity index (χ1v) is 7.18. The molecule has 0 N–H and O–H groups in total. The number of benzene rings is 2. The van der Waals surface area contributed by atoms with Crippen LogP contribution in [0.2, 0.25) is 10.0 Å². The highest BCUT2D eigenvalue weighted by molar-refractivity contribution is 6.42. The lowest BCUT2D eigenvalue weighted by atomic mass is 10.1. The van der Waals surface area contributed by atoms with Crippen molar-refractivity contribution in [3.05, 3.63) is 69.7 Å². The van der Waals surface area contributed by atoms with Gasteiger partial charge in [0.1, 0.15) is 5.75 Å². The van der Waals surface area contributed by atoms with E-state index in [4.69, 9.17) is 27.9 Å². The molecule has 0 fully saturated rings. The molecule has 0 aromatic heterocycles. The fourth-order valence-electron chi connectivity index (χ4n) is 1.79. The maximum atomic E-state index is 12.3. The molecule has 5 heteroatoms. The van der Waals surface area contributed by atoms with Gasteiger partial charge in [-0.05, 0) is 17.7 Å². The number of allylic oxidation sites excluding steroid dienone is 1. The van der Waals surface area contributed by atoms with Gasteiger partial charge in [0.15, 0.2) is 5.78 Å². The quantitative estimate of drug-likeness (QED) is 0.348. The van der Waals surface area contributed by atoms with E-state index in [0.717, 1.165) is 5.56 Å². The second-order valence-corrected chi connectivity index (χ2v) is 5.28. The van der Waals surface area contributed by atoms with Gasteiger partial charge in [-0.1, -0.05) is 59.6 Å². The van der Waals surface area contributed by atoms with Crippen LogP contribution in [0, 0.1) is 0 Å². The van der Waals surface area contributed by atoms with Gasteiger partial charge in [-0.25, -0.2) is 0 Å². The maximum Gasteiger partial charge on any atom is 0.308 e. The molecule has 0 saturated heterocycles. The monoisotopic (exact) mass is 334 g/mol. The Morgan fingerprint density at radius 2 is 1.68 bits per heavy atom. The van der Waals surface area contributed by atoms with Crippen molar-refractivity contribution in [1.29, 1.82) is 0 Å². The van der Waals surface area contributed by atoms with Crippen LogP contribution in [0.3, 0.4) is 0 Å². The summed E-state index contributed by atoms with van der Waals surface area (Å²) in [5.41, 5.74) is 1.06. The summed E-state index contributed by atoms with van der Waals surface area (Å²) >= 11 is 11.8. The Bertz CT molecular complexity index is 737. The number of hydrogen-bond donors (Lipinski definition) is 0. The van der Waals surface area contributed by atoms with Crippen molar-refractivity contribution < 1.29 is 14.3 Å². The number of ketones is 1. The van der Waals surface area contributed by atoms with Gasteiger partial charge >= 0.3 is 5.97 Å². The van der Waals surface area contributed by atoms with Crippen LogP contribution in [0.25, 0.3) is 6.08 Å². The number of esters is 1. The molecule has 0 aliphatic carbocycles. The van der Waals surface area contributed by atoms with E-state index in [0.29, 0.717) is 0 Å². The van der Waals surface area contributed by atoms with Crippen molar-refractivity contribution in [2.75, 3.05) is 0 Å². The van der Waals surface area contributed by atoms with Crippen LogP contribution in [-0.4, -0.2) is 11.8 Å². The summed E-state index contributed by atoms with van der Waals surface area (Å²) in [5.74, 6) is -0.789. The number of halogens is 2. The van der Waals surface area contributed by atoms with Gasteiger partial charge < -0.3 is 4.74 Å². The summed E-state index contributed by atoms with van der Waals surface area (Å²) in [6, 6.07) is 12.1. The van der Waals surface area contributed by atoms with Crippen molar-refractivity contribution in [3.8, 4) is 5.75 Å². The number of ether oxygens (including phenoxy) is 1. The molecule has 0 unspecified atom stereocenters. The minimum Gasteiger partial charge on any atom is -0.426 e. The molecule has 0 aliphatic heterocycles. The van der Waals surface area contributed by atoms with Crippen molar-refractivity contribution in [3.63, 3.8) is 0 Å². The average Bonchev–Trinajstić information content (AvgIpc) is 2.49. The van der Waals surface area contributed by atoms with Crippen molar-refractivity contribution in [2.24, 2.45) is 0 Å². The van der Waals surface area contributed by atoms with E-state index in [1.165, 1.54) is 25.1 Å². The third-order valence-corrected chi connectivity index (χ3v) is 3.49. The number of carbonyl (C=O) groups excluding carboxylic acids is 2. The SMILES string of the molecule is CC(=O)Oc1cc(Cl)c(Cl)cc1C(=O)/C=C/c1ccccc1.